The van der Waals surface area contributed by atoms with Crippen molar-refractivity contribution in [1.82, 2.24) is 4.98 Å². The van der Waals surface area contributed by atoms with Crippen LogP contribution in [0.25, 0.3) is 10.6 Å². The van der Waals surface area contributed by atoms with Crippen LogP contribution in [-0.2, 0) is 4.74 Å². The molecule has 0 saturated heterocycles. The van der Waals surface area contributed by atoms with Gasteiger partial charge in [0, 0.05) is 0 Å². The molecule has 0 N–H and O–H groups in total. The standard InChI is InChI=1S/C13H12ClNO3S/c1-7-11(13(16)18-3)19-12(15-7)10-8(14)5-4-6-9(10)17-2/h4-6H,1-3H3. The first-order valence-corrected chi connectivity index (χ1v) is 6.66. The summed E-state index contributed by atoms with van der Waals surface area (Å²) in [4.78, 5) is 16.4. The molecule has 19 heavy (non-hydrogen) atoms. The molecule has 0 fully saturated rings. The Morgan fingerprint density at radius 3 is 2.74 bits per heavy atom. The number of rotatable bonds is 3. The Labute approximate surface area is 120 Å². The number of ether oxygens (including phenoxy) is 2. The van der Waals surface area contributed by atoms with Crippen LogP contribution in [-0.4, -0.2) is 25.2 Å². The predicted molar refractivity (Wildman–Crippen MR) is 75.2 cm³/mol. The molecule has 0 spiro atoms. The highest BCUT2D eigenvalue weighted by molar-refractivity contribution is 7.17. The van der Waals surface area contributed by atoms with Gasteiger partial charge in [-0.1, -0.05) is 17.7 Å². The van der Waals surface area contributed by atoms with E-state index in [0.29, 0.717) is 31.9 Å². The van der Waals surface area contributed by atoms with E-state index < -0.39 is 5.97 Å². The van der Waals surface area contributed by atoms with Crippen LogP contribution in [0.1, 0.15) is 15.4 Å². The Morgan fingerprint density at radius 2 is 2.11 bits per heavy atom. The molecule has 0 radical (unpaired) electrons. The Kier molecular flexibility index (Phi) is 4.07. The second-order valence-corrected chi connectivity index (χ2v) is 5.15. The molecule has 4 nitrogen and oxygen atoms in total. The second-order valence-electron chi connectivity index (χ2n) is 3.74. The minimum atomic E-state index is -0.396. The molecule has 0 bridgehead atoms. The van der Waals surface area contributed by atoms with Gasteiger partial charge in [-0.15, -0.1) is 11.3 Å². The summed E-state index contributed by atoms with van der Waals surface area (Å²) < 4.78 is 10.0. The van der Waals surface area contributed by atoms with E-state index >= 15 is 0 Å². The molecular weight excluding hydrogens is 286 g/mol. The maximum atomic E-state index is 11.6. The fourth-order valence-electron chi connectivity index (χ4n) is 1.67. The average molecular weight is 298 g/mol. The number of carbonyl (C=O) groups excluding carboxylic acids is 1. The monoisotopic (exact) mass is 297 g/mol. The van der Waals surface area contributed by atoms with Gasteiger partial charge in [-0.05, 0) is 19.1 Å². The van der Waals surface area contributed by atoms with Crippen molar-refractivity contribution in [3.05, 3.63) is 33.8 Å². The van der Waals surface area contributed by atoms with E-state index in [1.54, 1.807) is 32.2 Å². The number of benzene rings is 1. The molecular formula is C13H12ClNO3S. The Balaban J connectivity index is 2.57. The van der Waals surface area contributed by atoms with Crippen LogP contribution in [0.5, 0.6) is 5.75 Å². The molecule has 1 aromatic carbocycles. The van der Waals surface area contributed by atoms with E-state index in [0.717, 1.165) is 0 Å². The van der Waals surface area contributed by atoms with Crippen molar-refractivity contribution in [2.45, 2.75) is 6.92 Å². The Morgan fingerprint density at radius 1 is 1.37 bits per heavy atom. The number of esters is 1. The lowest BCUT2D eigenvalue weighted by Crippen LogP contribution is -1.99. The number of aryl methyl sites for hydroxylation is 1. The Hall–Kier alpha value is -1.59. The molecule has 0 unspecified atom stereocenters. The quantitative estimate of drug-likeness (QED) is 0.813. The largest absolute Gasteiger partial charge is 0.496 e. The fourth-order valence-corrected chi connectivity index (χ4v) is 3.03. The summed E-state index contributed by atoms with van der Waals surface area (Å²) in [6.45, 7) is 1.76. The van der Waals surface area contributed by atoms with Crippen LogP contribution in [0.4, 0.5) is 0 Å². The van der Waals surface area contributed by atoms with E-state index in [-0.39, 0.29) is 0 Å². The van der Waals surface area contributed by atoms with Crippen LogP contribution in [0.3, 0.4) is 0 Å². The van der Waals surface area contributed by atoms with Crippen molar-refractivity contribution in [3.8, 4) is 16.3 Å². The molecule has 2 rings (SSSR count). The predicted octanol–water partition coefficient (Wildman–Crippen LogP) is 3.57. The van der Waals surface area contributed by atoms with E-state index in [1.807, 2.05) is 0 Å². The molecule has 0 saturated carbocycles. The third kappa shape index (κ3) is 2.57. The number of aromatic nitrogens is 1. The summed E-state index contributed by atoms with van der Waals surface area (Å²) in [5, 5.41) is 1.17. The van der Waals surface area contributed by atoms with Crippen LogP contribution in [0.2, 0.25) is 5.02 Å². The van der Waals surface area contributed by atoms with Gasteiger partial charge in [-0.25, -0.2) is 9.78 Å². The maximum absolute atomic E-state index is 11.6. The SMILES string of the molecule is COC(=O)c1sc(-c2c(Cl)cccc2OC)nc1C. The molecule has 1 heterocycles. The summed E-state index contributed by atoms with van der Waals surface area (Å²) in [6, 6.07) is 5.36. The first kappa shape index (κ1) is 13.8. The highest BCUT2D eigenvalue weighted by Crippen LogP contribution is 2.39. The second kappa shape index (κ2) is 5.59. The molecule has 2 aromatic rings. The minimum Gasteiger partial charge on any atom is -0.496 e. The van der Waals surface area contributed by atoms with Gasteiger partial charge in [-0.2, -0.15) is 0 Å². The van der Waals surface area contributed by atoms with E-state index in [9.17, 15) is 4.79 Å². The summed E-state index contributed by atoms with van der Waals surface area (Å²) in [6.07, 6.45) is 0. The number of halogens is 1. The van der Waals surface area contributed by atoms with Gasteiger partial charge in [0.05, 0.1) is 30.5 Å². The van der Waals surface area contributed by atoms with Crippen molar-refractivity contribution in [1.29, 1.82) is 0 Å². The third-order valence-corrected chi connectivity index (χ3v) is 4.05. The fraction of sp³-hybridized carbons (Fsp3) is 0.231. The topological polar surface area (TPSA) is 48.4 Å². The van der Waals surface area contributed by atoms with Gasteiger partial charge in [-0.3, -0.25) is 0 Å². The number of carbonyl (C=O) groups is 1. The van der Waals surface area contributed by atoms with Crippen molar-refractivity contribution in [2.24, 2.45) is 0 Å². The number of nitrogens with zero attached hydrogens (tertiary/aromatic N) is 1. The number of methoxy groups -OCH3 is 2. The zero-order valence-corrected chi connectivity index (χ0v) is 12.3. The number of hydrogen-bond donors (Lipinski definition) is 0. The van der Waals surface area contributed by atoms with Crippen LogP contribution < -0.4 is 4.74 Å². The zero-order valence-electron chi connectivity index (χ0n) is 10.7. The van der Waals surface area contributed by atoms with Gasteiger partial charge in [0.2, 0.25) is 0 Å². The summed E-state index contributed by atoms with van der Waals surface area (Å²) in [7, 11) is 2.91. The summed E-state index contributed by atoms with van der Waals surface area (Å²) >= 11 is 7.43. The number of hydrogen-bond acceptors (Lipinski definition) is 5. The molecule has 1 aromatic heterocycles. The van der Waals surface area contributed by atoms with E-state index in [2.05, 4.69) is 4.98 Å². The average Bonchev–Trinajstić information content (AvgIpc) is 2.79. The smallest absolute Gasteiger partial charge is 0.349 e. The normalized spacial score (nSPS) is 10.3. The summed E-state index contributed by atoms with van der Waals surface area (Å²) in [5.41, 5.74) is 1.31. The highest BCUT2D eigenvalue weighted by atomic mass is 35.5. The van der Waals surface area contributed by atoms with Gasteiger partial charge < -0.3 is 9.47 Å². The molecule has 0 aliphatic carbocycles. The van der Waals surface area contributed by atoms with Crippen molar-refractivity contribution >= 4 is 28.9 Å². The van der Waals surface area contributed by atoms with Gasteiger partial charge >= 0.3 is 5.97 Å². The lowest BCUT2D eigenvalue weighted by Gasteiger charge is -2.07. The van der Waals surface area contributed by atoms with Crippen molar-refractivity contribution in [3.63, 3.8) is 0 Å². The molecule has 0 aliphatic heterocycles. The first-order valence-electron chi connectivity index (χ1n) is 5.47. The highest BCUT2D eigenvalue weighted by Gasteiger charge is 2.20. The first-order chi connectivity index (χ1) is 9.08. The molecule has 6 heteroatoms. The summed E-state index contributed by atoms with van der Waals surface area (Å²) in [5.74, 6) is 0.227. The third-order valence-electron chi connectivity index (χ3n) is 2.58. The molecule has 100 valence electrons. The minimum absolute atomic E-state index is 0.396. The van der Waals surface area contributed by atoms with Crippen molar-refractivity contribution in [2.75, 3.05) is 14.2 Å². The Bertz CT molecular complexity index is 624. The lowest BCUT2D eigenvalue weighted by molar-refractivity contribution is 0.0605. The maximum Gasteiger partial charge on any atom is 0.349 e. The molecule has 0 aliphatic rings. The zero-order chi connectivity index (χ0) is 14.0. The van der Waals surface area contributed by atoms with Gasteiger partial charge in [0.25, 0.3) is 0 Å². The molecule has 0 atom stereocenters. The van der Waals surface area contributed by atoms with Gasteiger partial charge in [0.15, 0.2) is 0 Å². The van der Waals surface area contributed by atoms with Crippen LogP contribution >= 0.6 is 22.9 Å². The van der Waals surface area contributed by atoms with Crippen molar-refractivity contribution < 1.29 is 14.3 Å². The van der Waals surface area contributed by atoms with Gasteiger partial charge in [0.1, 0.15) is 15.6 Å². The van der Waals surface area contributed by atoms with E-state index in [1.165, 1.54) is 18.4 Å². The van der Waals surface area contributed by atoms with Crippen LogP contribution in [0, 0.1) is 6.92 Å². The van der Waals surface area contributed by atoms with Crippen LogP contribution in [0.15, 0.2) is 18.2 Å². The van der Waals surface area contributed by atoms with E-state index in [4.69, 9.17) is 21.1 Å². The molecule has 0 amide bonds. The number of thiazole rings is 1. The lowest BCUT2D eigenvalue weighted by atomic mass is 10.2.